The van der Waals surface area contributed by atoms with Crippen molar-refractivity contribution in [2.45, 2.75) is 17.2 Å². The Morgan fingerprint density at radius 3 is 2.64 bits per heavy atom. The maximum atomic E-state index is 13.2. The molecule has 0 bridgehead atoms. The predicted molar refractivity (Wildman–Crippen MR) is 115 cm³/mol. The topological polar surface area (TPSA) is 112 Å². The van der Waals surface area contributed by atoms with Gasteiger partial charge in [-0.2, -0.15) is 13.2 Å². The molecule has 0 radical (unpaired) electrons. The molecule has 1 aliphatic rings. The third-order valence-electron chi connectivity index (χ3n) is 4.94. The zero-order valence-electron chi connectivity index (χ0n) is 16.8. The molecule has 0 saturated carbocycles. The molecule has 0 amide bonds. The Morgan fingerprint density at radius 1 is 1.21 bits per heavy atom. The number of halogens is 3. The Kier molecular flexibility index (Phi) is 6.22. The second-order valence-corrected chi connectivity index (χ2v) is 9.62. The van der Waals surface area contributed by atoms with Gasteiger partial charge in [0.2, 0.25) is 0 Å². The number of sulfonamides is 1. The molecule has 0 fully saturated rings. The Balaban J connectivity index is 1.73. The summed E-state index contributed by atoms with van der Waals surface area (Å²) < 4.78 is 72.9. The van der Waals surface area contributed by atoms with Crippen molar-refractivity contribution in [3.63, 3.8) is 0 Å². The lowest BCUT2D eigenvalue weighted by Gasteiger charge is -2.33. The smallest absolute Gasteiger partial charge is 0.416 e. The number of ether oxygens (including phenoxy) is 1. The van der Waals surface area contributed by atoms with Gasteiger partial charge in [0.15, 0.2) is 5.13 Å². The largest absolute Gasteiger partial charge is 0.489 e. The summed E-state index contributed by atoms with van der Waals surface area (Å²) in [6.45, 7) is -0.426. The van der Waals surface area contributed by atoms with E-state index in [9.17, 15) is 31.8 Å². The molecule has 0 spiro atoms. The van der Waals surface area contributed by atoms with Crippen molar-refractivity contribution in [1.29, 1.82) is 0 Å². The molecule has 13 heteroatoms. The fraction of sp³-hybridized carbons (Fsp3) is 0.250. The Hall–Kier alpha value is -2.87. The number of aliphatic hydroxyl groups is 2. The number of hydrogen-bond acceptors (Lipinski definition) is 8. The molecule has 1 aromatic heterocycles. The number of thiazole rings is 1. The fourth-order valence-electron chi connectivity index (χ4n) is 3.41. The molecule has 4 rings (SSSR count). The van der Waals surface area contributed by atoms with Crippen molar-refractivity contribution in [3.8, 4) is 5.75 Å². The third kappa shape index (κ3) is 4.76. The van der Waals surface area contributed by atoms with E-state index in [-0.39, 0.29) is 40.2 Å². The minimum absolute atomic E-state index is 0.0821. The van der Waals surface area contributed by atoms with Gasteiger partial charge < -0.3 is 19.8 Å². The van der Waals surface area contributed by atoms with Crippen molar-refractivity contribution in [3.05, 3.63) is 59.1 Å². The van der Waals surface area contributed by atoms with Crippen molar-refractivity contribution in [2.75, 3.05) is 29.4 Å². The number of hydrogen-bond donors (Lipinski definition) is 3. The molecular formula is C20H18F3N3O5S2. The van der Waals surface area contributed by atoms with E-state index in [2.05, 4.69) is 9.71 Å². The summed E-state index contributed by atoms with van der Waals surface area (Å²) >= 11 is 1.12. The van der Waals surface area contributed by atoms with Gasteiger partial charge in [-0.25, -0.2) is 13.4 Å². The van der Waals surface area contributed by atoms with E-state index < -0.39 is 34.5 Å². The highest BCUT2D eigenvalue weighted by molar-refractivity contribution is 7.93. The van der Waals surface area contributed by atoms with Gasteiger partial charge in [0.25, 0.3) is 10.0 Å². The predicted octanol–water partition coefficient (Wildman–Crippen LogP) is 3.52. The lowest BCUT2D eigenvalue weighted by molar-refractivity contribution is -0.137. The van der Waals surface area contributed by atoms with Crippen LogP contribution < -0.4 is 14.4 Å². The molecule has 3 N–H and O–H groups in total. The lowest BCUT2D eigenvalue weighted by atomic mass is 10.0. The molecule has 0 unspecified atom stereocenters. The van der Waals surface area contributed by atoms with Gasteiger partial charge in [-0.05, 0) is 30.3 Å². The number of alkyl halides is 3. The zero-order chi connectivity index (χ0) is 23.8. The molecule has 1 atom stereocenters. The SMILES string of the molecule is O=S(=O)(Nc1nccs1)c1ccc2c(c1)OCCN2c1ccc(C(F)(F)F)cc1[C@H](O)CO. The molecule has 2 heterocycles. The number of fused-ring (bicyclic) bond motifs is 1. The minimum atomic E-state index is -4.63. The van der Waals surface area contributed by atoms with Crippen LogP contribution in [0.4, 0.5) is 29.7 Å². The quantitative estimate of drug-likeness (QED) is 0.474. The van der Waals surface area contributed by atoms with E-state index >= 15 is 0 Å². The number of nitrogens with zero attached hydrogens (tertiary/aromatic N) is 2. The molecular weight excluding hydrogens is 483 g/mol. The highest BCUT2D eigenvalue weighted by atomic mass is 32.2. The standard InChI is InChI=1S/C20H18F3N3O5S2/c21-20(22,23)12-1-3-15(14(9-12)17(28)11-27)26-6-7-31-18-10-13(2-4-16(18)26)33(29,30)25-19-24-5-8-32-19/h1-5,8-10,17,27-28H,6-7,11H2,(H,24,25)/t17-/m1/s1. The van der Waals surface area contributed by atoms with Crippen LogP contribution in [0.3, 0.4) is 0 Å². The monoisotopic (exact) mass is 501 g/mol. The first-order valence-corrected chi connectivity index (χ1v) is 11.9. The van der Waals surface area contributed by atoms with Crippen molar-refractivity contribution in [2.24, 2.45) is 0 Å². The van der Waals surface area contributed by atoms with Crippen molar-refractivity contribution < 1.29 is 36.5 Å². The second kappa shape index (κ2) is 8.82. The Morgan fingerprint density at radius 2 is 1.97 bits per heavy atom. The summed E-state index contributed by atoms with van der Waals surface area (Å²) in [5, 5.41) is 21.4. The molecule has 2 aromatic carbocycles. The fourth-order valence-corrected chi connectivity index (χ4v) is 5.21. The van der Waals surface area contributed by atoms with Crippen molar-refractivity contribution in [1.82, 2.24) is 4.98 Å². The molecule has 33 heavy (non-hydrogen) atoms. The number of aromatic nitrogens is 1. The van der Waals surface area contributed by atoms with Crippen LogP contribution in [0.25, 0.3) is 0 Å². The van der Waals surface area contributed by atoms with E-state index in [1.807, 2.05) is 0 Å². The first-order chi connectivity index (χ1) is 15.6. The molecule has 0 saturated heterocycles. The number of rotatable bonds is 6. The van der Waals surface area contributed by atoms with Gasteiger partial charge in [0.05, 0.1) is 29.3 Å². The van der Waals surface area contributed by atoms with Crippen LogP contribution in [0, 0.1) is 0 Å². The van der Waals surface area contributed by atoms with Gasteiger partial charge >= 0.3 is 6.18 Å². The zero-order valence-corrected chi connectivity index (χ0v) is 18.4. The third-order valence-corrected chi connectivity index (χ3v) is 7.09. The Bertz CT molecular complexity index is 1250. The van der Waals surface area contributed by atoms with Crippen LogP contribution in [-0.2, 0) is 16.2 Å². The molecule has 0 aliphatic carbocycles. The van der Waals surface area contributed by atoms with E-state index in [4.69, 9.17) is 4.74 Å². The molecule has 1 aliphatic heterocycles. The highest BCUT2D eigenvalue weighted by Crippen LogP contribution is 2.42. The van der Waals surface area contributed by atoms with E-state index in [1.165, 1.54) is 30.5 Å². The van der Waals surface area contributed by atoms with E-state index in [0.717, 1.165) is 23.5 Å². The first-order valence-electron chi connectivity index (χ1n) is 9.57. The van der Waals surface area contributed by atoms with Gasteiger partial charge in [0.1, 0.15) is 18.5 Å². The van der Waals surface area contributed by atoms with Crippen LogP contribution in [0.15, 0.2) is 52.9 Å². The van der Waals surface area contributed by atoms with Crippen LogP contribution >= 0.6 is 11.3 Å². The summed E-state index contributed by atoms with van der Waals surface area (Å²) in [5.74, 6) is 0.201. The highest BCUT2D eigenvalue weighted by Gasteiger charge is 2.33. The average Bonchev–Trinajstić information content (AvgIpc) is 3.29. The summed E-state index contributed by atoms with van der Waals surface area (Å²) in [7, 11) is -3.95. The number of aliphatic hydroxyl groups excluding tert-OH is 2. The van der Waals surface area contributed by atoms with Crippen LogP contribution in [0.2, 0.25) is 0 Å². The van der Waals surface area contributed by atoms with Crippen LogP contribution in [0.1, 0.15) is 17.2 Å². The molecule has 8 nitrogen and oxygen atoms in total. The van der Waals surface area contributed by atoms with E-state index in [1.54, 1.807) is 10.3 Å². The van der Waals surface area contributed by atoms with Gasteiger partial charge in [-0.3, -0.25) is 4.72 Å². The number of benzene rings is 2. The molecule has 3 aromatic rings. The summed E-state index contributed by atoms with van der Waals surface area (Å²) in [5.41, 5.74) is -0.426. The second-order valence-electron chi connectivity index (χ2n) is 7.04. The number of nitrogens with one attached hydrogen (secondary N) is 1. The maximum Gasteiger partial charge on any atom is 0.416 e. The summed E-state index contributed by atoms with van der Waals surface area (Å²) in [6.07, 6.45) is -4.71. The lowest BCUT2D eigenvalue weighted by Crippen LogP contribution is -2.30. The minimum Gasteiger partial charge on any atom is -0.489 e. The molecule has 176 valence electrons. The van der Waals surface area contributed by atoms with Crippen LogP contribution in [0.5, 0.6) is 5.75 Å². The first kappa shape index (κ1) is 23.3. The van der Waals surface area contributed by atoms with Crippen LogP contribution in [-0.4, -0.2) is 43.4 Å². The maximum absolute atomic E-state index is 13.2. The summed E-state index contributed by atoms with van der Waals surface area (Å²) in [6, 6.07) is 7.00. The van der Waals surface area contributed by atoms with Gasteiger partial charge in [-0.1, -0.05) is 0 Å². The van der Waals surface area contributed by atoms with E-state index in [0.29, 0.717) is 5.69 Å². The normalized spacial score (nSPS) is 15.0. The van der Waals surface area contributed by atoms with Gasteiger partial charge in [-0.15, -0.1) is 11.3 Å². The average molecular weight is 502 g/mol. The summed E-state index contributed by atoms with van der Waals surface area (Å²) in [4.78, 5) is 5.42. The van der Waals surface area contributed by atoms with Crippen molar-refractivity contribution >= 4 is 37.9 Å². The van der Waals surface area contributed by atoms with Gasteiger partial charge in [0, 0.05) is 28.9 Å². The Labute approximate surface area is 190 Å². The number of anilines is 3.